The second kappa shape index (κ2) is 7.49. The van der Waals surface area contributed by atoms with Crippen LogP contribution in [0.5, 0.6) is 5.75 Å². The fourth-order valence-electron chi connectivity index (χ4n) is 2.70. The Bertz CT molecular complexity index is 680. The molecular formula is C16H18ClN3O4. The maximum atomic E-state index is 12.3. The van der Waals surface area contributed by atoms with Gasteiger partial charge in [-0.1, -0.05) is 30.9 Å². The monoisotopic (exact) mass is 351 g/mol. The quantitative estimate of drug-likeness (QED) is 0.646. The molecule has 128 valence electrons. The third-order valence-corrected chi connectivity index (χ3v) is 4.38. The van der Waals surface area contributed by atoms with E-state index in [1.54, 1.807) is 6.92 Å². The lowest BCUT2D eigenvalue weighted by Crippen LogP contribution is -2.52. The van der Waals surface area contributed by atoms with Gasteiger partial charge < -0.3 is 10.1 Å². The first-order valence-electron chi connectivity index (χ1n) is 7.71. The predicted molar refractivity (Wildman–Crippen MR) is 87.8 cm³/mol. The summed E-state index contributed by atoms with van der Waals surface area (Å²) < 4.78 is 5.50. The SMILES string of the molecule is C[C@H](Oc1ccc([N+](=O)[O-])cc1Cl)C(=O)NC1(C#N)CCCCC1. The van der Waals surface area contributed by atoms with Gasteiger partial charge in [-0.05, 0) is 25.8 Å². The van der Waals surface area contributed by atoms with Crippen molar-refractivity contribution in [2.24, 2.45) is 0 Å². The first-order chi connectivity index (χ1) is 11.4. The van der Waals surface area contributed by atoms with Crippen LogP contribution in [0.3, 0.4) is 0 Å². The van der Waals surface area contributed by atoms with Gasteiger partial charge in [0, 0.05) is 12.1 Å². The molecule has 0 aliphatic heterocycles. The molecule has 0 heterocycles. The van der Waals surface area contributed by atoms with Crippen molar-refractivity contribution in [3.63, 3.8) is 0 Å². The number of hydrogen-bond donors (Lipinski definition) is 1. The number of nitriles is 1. The van der Waals surface area contributed by atoms with Gasteiger partial charge in [0.05, 0.1) is 16.0 Å². The van der Waals surface area contributed by atoms with E-state index in [1.165, 1.54) is 18.2 Å². The Morgan fingerprint density at radius 3 is 2.67 bits per heavy atom. The highest BCUT2D eigenvalue weighted by Gasteiger charge is 2.35. The Hall–Kier alpha value is -2.33. The Morgan fingerprint density at radius 1 is 1.46 bits per heavy atom. The number of non-ortho nitro benzene ring substituents is 1. The number of amides is 1. The fraction of sp³-hybridized carbons (Fsp3) is 0.500. The summed E-state index contributed by atoms with van der Waals surface area (Å²) in [6.45, 7) is 1.54. The highest BCUT2D eigenvalue weighted by Crippen LogP contribution is 2.30. The van der Waals surface area contributed by atoms with Gasteiger partial charge in [0.15, 0.2) is 6.10 Å². The molecule has 1 saturated carbocycles. The molecule has 1 aromatic rings. The van der Waals surface area contributed by atoms with Crippen LogP contribution >= 0.6 is 11.6 Å². The summed E-state index contributed by atoms with van der Waals surface area (Å²) in [5.41, 5.74) is -0.998. The number of ether oxygens (including phenoxy) is 1. The number of nitro benzene ring substituents is 1. The highest BCUT2D eigenvalue weighted by atomic mass is 35.5. The van der Waals surface area contributed by atoms with Gasteiger partial charge in [-0.15, -0.1) is 0 Å². The minimum absolute atomic E-state index is 0.0523. The van der Waals surface area contributed by atoms with Crippen LogP contribution in [0, 0.1) is 21.4 Å². The number of hydrogen-bond acceptors (Lipinski definition) is 5. The lowest BCUT2D eigenvalue weighted by Gasteiger charge is -2.32. The molecule has 0 unspecified atom stereocenters. The van der Waals surface area contributed by atoms with Crippen molar-refractivity contribution in [2.45, 2.75) is 50.7 Å². The molecule has 1 aromatic carbocycles. The second-order valence-electron chi connectivity index (χ2n) is 5.88. The van der Waals surface area contributed by atoms with E-state index in [-0.39, 0.29) is 16.5 Å². The average molecular weight is 352 g/mol. The number of rotatable bonds is 5. The van der Waals surface area contributed by atoms with Gasteiger partial charge in [0.25, 0.3) is 11.6 Å². The number of carbonyl (C=O) groups excluding carboxylic acids is 1. The van der Waals surface area contributed by atoms with E-state index in [9.17, 15) is 20.2 Å². The highest BCUT2D eigenvalue weighted by molar-refractivity contribution is 6.32. The molecule has 1 fully saturated rings. The van der Waals surface area contributed by atoms with E-state index in [4.69, 9.17) is 16.3 Å². The molecule has 1 atom stereocenters. The lowest BCUT2D eigenvalue weighted by atomic mass is 9.83. The van der Waals surface area contributed by atoms with Gasteiger partial charge in [0.2, 0.25) is 0 Å². The molecule has 0 bridgehead atoms. The number of benzene rings is 1. The summed E-state index contributed by atoms with van der Waals surface area (Å²) in [4.78, 5) is 22.5. The molecule has 2 rings (SSSR count). The van der Waals surface area contributed by atoms with Crippen molar-refractivity contribution in [1.29, 1.82) is 5.26 Å². The number of nitrogens with one attached hydrogen (secondary N) is 1. The summed E-state index contributed by atoms with van der Waals surface area (Å²) in [6, 6.07) is 5.98. The summed E-state index contributed by atoms with van der Waals surface area (Å²) in [5, 5.41) is 22.9. The van der Waals surface area contributed by atoms with Gasteiger partial charge in [-0.3, -0.25) is 14.9 Å². The molecule has 0 aromatic heterocycles. The summed E-state index contributed by atoms with van der Waals surface area (Å²) >= 11 is 5.96. The van der Waals surface area contributed by atoms with E-state index < -0.39 is 22.5 Å². The molecule has 1 amide bonds. The predicted octanol–water partition coefficient (Wildman–Crippen LogP) is 3.36. The second-order valence-corrected chi connectivity index (χ2v) is 6.28. The maximum Gasteiger partial charge on any atom is 0.271 e. The van der Waals surface area contributed by atoms with Crippen LogP contribution in [0.2, 0.25) is 5.02 Å². The van der Waals surface area contributed by atoms with E-state index in [2.05, 4.69) is 11.4 Å². The first kappa shape index (κ1) is 18.0. The standard InChI is InChI=1S/C16H18ClN3O4/c1-11(15(21)19-16(10-18)7-3-2-4-8-16)24-14-6-5-12(20(22)23)9-13(14)17/h5-6,9,11H,2-4,7-8H2,1H3,(H,19,21)/t11-/m0/s1. The molecule has 1 aliphatic carbocycles. The Kier molecular flexibility index (Phi) is 5.62. The molecule has 1 aliphatic rings. The number of nitro groups is 1. The molecule has 24 heavy (non-hydrogen) atoms. The van der Waals surface area contributed by atoms with Crippen molar-refractivity contribution >= 4 is 23.2 Å². The molecule has 1 N–H and O–H groups in total. The molecule has 0 radical (unpaired) electrons. The third-order valence-electron chi connectivity index (χ3n) is 4.08. The lowest BCUT2D eigenvalue weighted by molar-refractivity contribution is -0.384. The smallest absolute Gasteiger partial charge is 0.271 e. The van der Waals surface area contributed by atoms with Crippen LogP contribution in [0.25, 0.3) is 0 Å². The molecule has 0 spiro atoms. The number of carbonyl (C=O) groups is 1. The van der Waals surface area contributed by atoms with Gasteiger partial charge in [-0.25, -0.2) is 0 Å². The van der Waals surface area contributed by atoms with Crippen LogP contribution in [-0.2, 0) is 4.79 Å². The normalized spacial score (nSPS) is 17.4. The topological polar surface area (TPSA) is 105 Å². The molecule has 7 nitrogen and oxygen atoms in total. The zero-order valence-electron chi connectivity index (χ0n) is 13.3. The van der Waals surface area contributed by atoms with E-state index in [0.29, 0.717) is 12.8 Å². The molecular weight excluding hydrogens is 334 g/mol. The average Bonchev–Trinajstić information content (AvgIpc) is 2.57. The van der Waals surface area contributed by atoms with Crippen molar-refractivity contribution in [3.05, 3.63) is 33.3 Å². The zero-order valence-corrected chi connectivity index (χ0v) is 14.0. The van der Waals surface area contributed by atoms with Crippen LogP contribution in [0.15, 0.2) is 18.2 Å². The van der Waals surface area contributed by atoms with Crippen LogP contribution < -0.4 is 10.1 Å². The Labute approximate surface area is 144 Å². The summed E-state index contributed by atoms with van der Waals surface area (Å²) in [5.74, 6) is -0.229. The van der Waals surface area contributed by atoms with Gasteiger partial charge in [0.1, 0.15) is 11.3 Å². The molecule has 0 saturated heterocycles. The Balaban J connectivity index is 2.04. The van der Waals surface area contributed by atoms with Crippen LogP contribution in [0.1, 0.15) is 39.0 Å². The van der Waals surface area contributed by atoms with Gasteiger partial charge in [-0.2, -0.15) is 5.26 Å². The zero-order chi connectivity index (χ0) is 17.7. The number of halogens is 1. The van der Waals surface area contributed by atoms with Crippen molar-refractivity contribution in [1.82, 2.24) is 5.32 Å². The van der Waals surface area contributed by atoms with Gasteiger partial charge >= 0.3 is 0 Å². The van der Waals surface area contributed by atoms with E-state index in [0.717, 1.165) is 19.3 Å². The van der Waals surface area contributed by atoms with Crippen LogP contribution in [-0.4, -0.2) is 22.5 Å². The van der Waals surface area contributed by atoms with Crippen molar-refractivity contribution < 1.29 is 14.5 Å². The third kappa shape index (κ3) is 4.15. The summed E-state index contributed by atoms with van der Waals surface area (Å²) in [7, 11) is 0. The van der Waals surface area contributed by atoms with Crippen molar-refractivity contribution in [2.75, 3.05) is 0 Å². The van der Waals surface area contributed by atoms with Crippen molar-refractivity contribution in [3.8, 4) is 11.8 Å². The maximum absolute atomic E-state index is 12.3. The molecule has 8 heteroatoms. The van der Waals surface area contributed by atoms with E-state index in [1.807, 2.05) is 0 Å². The minimum atomic E-state index is -0.879. The van der Waals surface area contributed by atoms with E-state index >= 15 is 0 Å². The first-order valence-corrected chi connectivity index (χ1v) is 8.08. The summed E-state index contributed by atoms with van der Waals surface area (Å²) in [6.07, 6.45) is 3.23. The fourth-order valence-corrected chi connectivity index (χ4v) is 2.92. The largest absolute Gasteiger partial charge is 0.479 e. The number of nitrogens with zero attached hydrogens (tertiary/aromatic N) is 2. The Morgan fingerprint density at radius 2 is 2.12 bits per heavy atom. The minimum Gasteiger partial charge on any atom is -0.479 e. The van der Waals surface area contributed by atoms with Crippen LogP contribution in [0.4, 0.5) is 5.69 Å².